The lowest BCUT2D eigenvalue weighted by Crippen LogP contribution is -1.95. The molecular formula is C11H16O2. The van der Waals surface area contributed by atoms with Gasteiger partial charge in [0.2, 0.25) is 0 Å². The summed E-state index contributed by atoms with van der Waals surface area (Å²) in [6.07, 6.45) is 1.85. The first kappa shape index (κ1) is 10.1. The zero-order chi connectivity index (χ0) is 9.52. The highest BCUT2D eigenvalue weighted by Gasteiger charge is 1.98. The Labute approximate surface area is 79.2 Å². The summed E-state index contributed by atoms with van der Waals surface area (Å²) < 4.78 is 5.21. The average molecular weight is 180 g/mol. The average Bonchev–Trinajstić information content (AvgIpc) is 2.15. The van der Waals surface area contributed by atoms with Gasteiger partial charge in [-0.25, -0.2) is 0 Å². The summed E-state index contributed by atoms with van der Waals surface area (Å²) in [7, 11) is 0. The molecule has 0 amide bonds. The Morgan fingerprint density at radius 2 is 2.08 bits per heavy atom. The summed E-state index contributed by atoms with van der Waals surface area (Å²) >= 11 is 0. The van der Waals surface area contributed by atoms with Crippen LogP contribution in [0.25, 0.3) is 0 Å². The number of ether oxygens (including phenoxy) is 1. The molecule has 0 atom stereocenters. The van der Waals surface area contributed by atoms with Crippen molar-refractivity contribution in [1.29, 1.82) is 0 Å². The van der Waals surface area contributed by atoms with Crippen molar-refractivity contribution in [1.82, 2.24) is 0 Å². The Morgan fingerprint density at radius 3 is 2.77 bits per heavy atom. The van der Waals surface area contributed by atoms with Crippen molar-refractivity contribution >= 4 is 0 Å². The lowest BCUT2D eigenvalue weighted by atomic mass is 10.1. The first-order valence-corrected chi connectivity index (χ1v) is 4.69. The van der Waals surface area contributed by atoms with Crippen molar-refractivity contribution in [3.05, 3.63) is 29.8 Å². The topological polar surface area (TPSA) is 29.5 Å². The van der Waals surface area contributed by atoms with Gasteiger partial charge in [-0.3, -0.25) is 0 Å². The van der Waals surface area contributed by atoms with Crippen LogP contribution in [0, 0.1) is 0 Å². The molecule has 1 aromatic rings. The SMILES string of the molecule is CCOCCCc1ccccc1O. The molecule has 0 spiro atoms. The number of phenols is 1. The summed E-state index contributed by atoms with van der Waals surface area (Å²) in [5, 5.41) is 9.43. The summed E-state index contributed by atoms with van der Waals surface area (Å²) in [6.45, 7) is 3.52. The highest BCUT2D eigenvalue weighted by atomic mass is 16.5. The fourth-order valence-corrected chi connectivity index (χ4v) is 1.23. The lowest BCUT2D eigenvalue weighted by Gasteiger charge is -2.03. The minimum absolute atomic E-state index is 0.388. The molecule has 0 aliphatic rings. The van der Waals surface area contributed by atoms with Crippen LogP contribution in [0.15, 0.2) is 24.3 Å². The number of benzene rings is 1. The molecule has 2 nitrogen and oxygen atoms in total. The number of rotatable bonds is 5. The minimum Gasteiger partial charge on any atom is -0.508 e. The van der Waals surface area contributed by atoms with Crippen LogP contribution < -0.4 is 0 Å². The Balaban J connectivity index is 2.32. The van der Waals surface area contributed by atoms with Gasteiger partial charge >= 0.3 is 0 Å². The van der Waals surface area contributed by atoms with E-state index in [0.717, 1.165) is 31.6 Å². The Bertz CT molecular complexity index is 246. The molecule has 2 heteroatoms. The van der Waals surface area contributed by atoms with E-state index in [-0.39, 0.29) is 0 Å². The van der Waals surface area contributed by atoms with E-state index >= 15 is 0 Å². The van der Waals surface area contributed by atoms with Crippen molar-refractivity contribution in [2.75, 3.05) is 13.2 Å². The Hall–Kier alpha value is -1.02. The van der Waals surface area contributed by atoms with E-state index in [9.17, 15) is 5.11 Å². The highest BCUT2D eigenvalue weighted by Crippen LogP contribution is 2.16. The van der Waals surface area contributed by atoms with Crippen LogP contribution in [-0.4, -0.2) is 18.3 Å². The van der Waals surface area contributed by atoms with E-state index in [1.54, 1.807) is 6.07 Å². The monoisotopic (exact) mass is 180 g/mol. The maximum absolute atomic E-state index is 9.43. The predicted octanol–water partition coefficient (Wildman–Crippen LogP) is 2.36. The van der Waals surface area contributed by atoms with Crippen LogP contribution >= 0.6 is 0 Å². The van der Waals surface area contributed by atoms with Crippen molar-refractivity contribution in [2.24, 2.45) is 0 Å². The van der Waals surface area contributed by atoms with Crippen molar-refractivity contribution in [2.45, 2.75) is 19.8 Å². The van der Waals surface area contributed by atoms with Crippen LogP contribution in [-0.2, 0) is 11.2 Å². The summed E-state index contributed by atoms with van der Waals surface area (Å²) in [6, 6.07) is 7.44. The molecule has 0 bridgehead atoms. The third-order valence-electron chi connectivity index (χ3n) is 1.93. The first-order valence-electron chi connectivity index (χ1n) is 4.69. The van der Waals surface area contributed by atoms with Crippen molar-refractivity contribution < 1.29 is 9.84 Å². The van der Waals surface area contributed by atoms with E-state index in [1.807, 2.05) is 25.1 Å². The van der Waals surface area contributed by atoms with Crippen LogP contribution in [0.5, 0.6) is 5.75 Å². The number of aromatic hydroxyl groups is 1. The second-order valence-corrected chi connectivity index (χ2v) is 2.93. The fraction of sp³-hybridized carbons (Fsp3) is 0.455. The van der Waals surface area contributed by atoms with Gasteiger partial charge in [-0.05, 0) is 31.4 Å². The zero-order valence-corrected chi connectivity index (χ0v) is 7.99. The standard InChI is InChI=1S/C11H16O2/c1-2-13-9-5-7-10-6-3-4-8-11(10)12/h3-4,6,8,12H,2,5,7,9H2,1H3. The number of para-hydroxylation sites is 1. The third-order valence-corrected chi connectivity index (χ3v) is 1.93. The van der Waals surface area contributed by atoms with E-state index in [2.05, 4.69) is 0 Å². The van der Waals surface area contributed by atoms with Crippen molar-refractivity contribution in [3.8, 4) is 5.75 Å². The molecule has 72 valence electrons. The summed E-state index contributed by atoms with van der Waals surface area (Å²) in [5.74, 6) is 0.388. The molecule has 0 unspecified atom stereocenters. The summed E-state index contributed by atoms with van der Waals surface area (Å²) in [5.41, 5.74) is 1.00. The largest absolute Gasteiger partial charge is 0.508 e. The molecule has 0 fully saturated rings. The molecule has 0 aromatic heterocycles. The van der Waals surface area contributed by atoms with Gasteiger partial charge in [0.05, 0.1) is 0 Å². The van der Waals surface area contributed by atoms with E-state index < -0.39 is 0 Å². The molecule has 0 aliphatic heterocycles. The second kappa shape index (κ2) is 5.60. The molecule has 0 heterocycles. The molecular weight excluding hydrogens is 164 g/mol. The third kappa shape index (κ3) is 3.47. The van der Waals surface area contributed by atoms with Gasteiger partial charge in [-0.1, -0.05) is 18.2 Å². The molecule has 1 rings (SSSR count). The quantitative estimate of drug-likeness (QED) is 0.705. The Kier molecular flexibility index (Phi) is 4.33. The fourth-order valence-electron chi connectivity index (χ4n) is 1.23. The predicted molar refractivity (Wildman–Crippen MR) is 52.9 cm³/mol. The van der Waals surface area contributed by atoms with Crippen LogP contribution in [0.1, 0.15) is 18.9 Å². The van der Waals surface area contributed by atoms with Crippen LogP contribution in [0.3, 0.4) is 0 Å². The van der Waals surface area contributed by atoms with E-state index in [0.29, 0.717) is 5.75 Å². The van der Waals surface area contributed by atoms with Crippen LogP contribution in [0.2, 0.25) is 0 Å². The van der Waals surface area contributed by atoms with E-state index in [1.165, 1.54) is 0 Å². The van der Waals surface area contributed by atoms with Crippen molar-refractivity contribution in [3.63, 3.8) is 0 Å². The maximum Gasteiger partial charge on any atom is 0.118 e. The summed E-state index contributed by atoms with van der Waals surface area (Å²) in [4.78, 5) is 0. The normalized spacial score (nSPS) is 10.2. The molecule has 13 heavy (non-hydrogen) atoms. The smallest absolute Gasteiger partial charge is 0.118 e. The highest BCUT2D eigenvalue weighted by molar-refractivity contribution is 5.31. The number of hydrogen-bond acceptors (Lipinski definition) is 2. The minimum atomic E-state index is 0.388. The van der Waals surface area contributed by atoms with E-state index in [4.69, 9.17) is 4.74 Å². The number of hydrogen-bond donors (Lipinski definition) is 1. The zero-order valence-electron chi connectivity index (χ0n) is 7.99. The molecule has 0 saturated carbocycles. The van der Waals surface area contributed by atoms with Gasteiger partial charge in [-0.15, -0.1) is 0 Å². The Morgan fingerprint density at radius 1 is 1.31 bits per heavy atom. The molecule has 0 saturated heterocycles. The number of aryl methyl sites for hydroxylation is 1. The molecule has 1 N–H and O–H groups in total. The van der Waals surface area contributed by atoms with Gasteiger partial charge < -0.3 is 9.84 Å². The number of phenolic OH excluding ortho intramolecular Hbond substituents is 1. The van der Waals surface area contributed by atoms with Gasteiger partial charge in [0.1, 0.15) is 5.75 Å². The van der Waals surface area contributed by atoms with Gasteiger partial charge in [0, 0.05) is 13.2 Å². The van der Waals surface area contributed by atoms with Crippen LogP contribution in [0.4, 0.5) is 0 Å². The molecule has 1 aromatic carbocycles. The molecule has 0 aliphatic carbocycles. The van der Waals surface area contributed by atoms with Gasteiger partial charge in [0.25, 0.3) is 0 Å². The maximum atomic E-state index is 9.43. The first-order chi connectivity index (χ1) is 6.34. The second-order valence-electron chi connectivity index (χ2n) is 2.93. The van der Waals surface area contributed by atoms with Gasteiger partial charge in [0.15, 0.2) is 0 Å². The lowest BCUT2D eigenvalue weighted by molar-refractivity contribution is 0.145. The molecule has 0 radical (unpaired) electrons. The van der Waals surface area contributed by atoms with Gasteiger partial charge in [-0.2, -0.15) is 0 Å².